The molecule has 0 radical (unpaired) electrons. The highest BCUT2D eigenvalue weighted by molar-refractivity contribution is 5.73. The van der Waals surface area contributed by atoms with Gasteiger partial charge in [0.1, 0.15) is 0 Å². The molecule has 0 saturated heterocycles. The number of carbonyl (C=O) groups excluding carboxylic acids is 1. The monoisotopic (exact) mass is 185 g/mol. The maximum absolute atomic E-state index is 11.1. The number of hydrogen-bond donors (Lipinski definition) is 3. The maximum Gasteiger partial charge on any atom is 0.314 e. The summed E-state index contributed by atoms with van der Waals surface area (Å²) in [6.45, 7) is 0.675. The van der Waals surface area contributed by atoms with Crippen LogP contribution in [0.25, 0.3) is 0 Å². The van der Waals surface area contributed by atoms with E-state index in [4.69, 9.17) is 5.73 Å². The van der Waals surface area contributed by atoms with Crippen molar-refractivity contribution in [1.29, 1.82) is 0 Å². The van der Waals surface area contributed by atoms with E-state index in [1.54, 1.807) is 7.05 Å². The van der Waals surface area contributed by atoms with Gasteiger partial charge in [0.15, 0.2) is 0 Å². The zero-order valence-corrected chi connectivity index (χ0v) is 8.18. The molecular weight excluding hydrogens is 166 g/mol. The first kappa shape index (κ1) is 10.3. The second kappa shape index (κ2) is 5.07. The molecule has 0 heterocycles. The van der Waals surface area contributed by atoms with Gasteiger partial charge in [-0.3, -0.25) is 0 Å². The Hall–Kier alpha value is -0.770. The largest absolute Gasteiger partial charge is 0.341 e. The lowest BCUT2D eigenvalue weighted by atomic mass is 9.84. The topological polar surface area (TPSA) is 67.2 Å². The first-order valence-electron chi connectivity index (χ1n) is 4.96. The molecule has 1 aliphatic rings. The lowest BCUT2D eigenvalue weighted by molar-refractivity contribution is 0.221. The Morgan fingerprint density at radius 1 is 1.46 bits per heavy atom. The predicted molar refractivity (Wildman–Crippen MR) is 52.4 cm³/mol. The Labute approximate surface area is 79.3 Å². The molecule has 1 aliphatic carbocycles. The van der Waals surface area contributed by atoms with Crippen LogP contribution >= 0.6 is 0 Å². The number of amides is 2. The summed E-state index contributed by atoms with van der Waals surface area (Å²) in [5.74, 6) is 0.464. The van der Waals surface area contributed by atoms with Crippen molar-refractivity contribution in [2.75, 3.05) is 13.6 Å². The highest BCUT2D eigenvalue weighted by Crippen LogP contribution is 2.23. The molecule has 2 unspecified atom stereocenters. The van der Waals surface area contributed by atoms with Crippen molar-refractivity contribution in [3.8, 4) is 0 Å². The lowest BCUT2D eigenvalue weighted by Crippen LogP contribution is -2.47. The van der Waals surface area contributed by atoms with Crippen LogP contribution in [0.15, 0.2) is 0 Å². The molecule has 4 N–H and O–H groups in total. The normalized spacial score (nSPS) is 28.2. The van der Waals surface area contributed by atoms with Crippen molar-refractivity contribution >= 4 is 6.03 Å². The van der Waals surface area contributed by atoms with E-state index >= 15 is 0 Å². The molecule has 1 fully saturated rings. The maximum atomic E-state index is 11.1. The summed E-state index contributed by atoms with van der Waals surface area (Å²) in [6.07, 6.45) is 4.65. The fourth-order valence-corrected chi connectivity index (χ4v) is 1.92. The number of urea groups is 1. The average Bonchev–Trinajstić information content (AvgIpc) is 2.18. The van der Waals surface area contributed by atoms with Gasteiger partial charge in [-0.05, 0) is 25.3 Å². The van der Waals surface area contributed by atoms with E-state index in [0.29, 0.717) is 12.5 Å². The van der Waals surface area contributed by atoms with Gasteiger partial charge in [-0.15, -0.1) is 0 Å². The first-order chi connectivity index (χ1) is 6.27. The standard InChI is InChI=1S/C9H19N3O/c1-11-9(13)12-8-5-3-2-4-7(8)6-10/h7-8H,2-6,10H2,1H3,(H2,11,12,13). The fraction of sp³-hybridized carbons (Fsp3) is 0.889. The second-order valence-electron chi connectivity index (χ2n) is 3.61. The minimum absolute atomic E-state index is 0.0923. The predicted octanol–water partition coefficient (Wildman–Crippen LogP) is 0.433. The van der Waals surface area contributed by atoms with Crippen LogP contribution in [0.4, 0.5) is 4.79 Å². The third-order valence-corrected chi connectivity index (χ3v) is 2.76. The van der Waals surface area contributed by atoms with E-state index in [9.17, 15) is 4.79 Å². The highest BCUT2D eigenvalue weighted by atomic mass is 16.2. The molecule has 76 valence electrons. The van der Waals surface area contributed by atoms with Crippen LogP contribution in [0.5, 0.6) is 0 Å². The Kier molecular flexibility index (Phi) is 4.02. The molecule has 0 aromatic rings. The molecule has 1 rings (SSSR count). The summed E-state index contributed by atoms with van der Waals surface area (Å²) in [5.41, 5.74) is 5.64. The van der Waals surface area contributed by atoms with Gasteiger partial charge in [0.2, 0.25) is 0 Å². The quantitative estimate of drug-likeness (QED) is 0.584. The Bertz CT molecular complexity index is 172. The second-order valence-corrected chi connectivity index (χ2v) is 3.61. The third kappa shape index (κ3) is 2.88. The molecule has 0 aromatic carbocycles. The smallest absolute Gasteiger partial charge is 0.314 e. The van der Waals surface area contributed by atoms with Crippen molar-refractivity contribution in [1.82, 2.24) is 10.6 Å². The number of rotatable bonds is 2. The molecule has 1 saturated carbocycles. The minimum Gasteiger partial charge on any atom is -0.341 e. The van der Waals surface area contributed by atoms with Crippen molar-refractivity contribution in [2.24, 2.45) is 11.7 Å². The van der Waals surface area contributed by atoms with Crippen LogP contribution < -0.4 is 16.4 Å². The van der Waals surface area contributed by atoms with Crippen LogP contribution in [0.2, 0.25) is 0 Å². The van der Waals surface area contributed by atoms with Crippen molar-refractivity contribution in [3.63, 3.8) is 0 Å². The average molecular weight is 185 g/mol. The van der Waals surface area contributed by atoms with E-state index in [1.165, 1.54) is 12.8 Å². The number of carbonyl (C=O) groups is 1. The number of nitrogens with two attached hydrogens (primary N) is 1. The first-order valence-corrected chi connectivity index (χ1v) is 4.96. The molecule has 2 amide bonds. The van der Waals surface area contributed by atoms with Gasteiger partial charge < -0.3 is 16.4 Å². The van der Waals surface area contributed by atoms with E-state index in [2.05, 4.69) is 10.6 Å². The van der Waals surface area contributed by atoms with E-state index < -0.39 is 0 Å². The van der Waals surface area contributed by atoms with E-state index in [-0.39, 0.29) is 12.1 Å². The Balaban J connectivity index is 2.40. The molecule has 2 atom stereocenters. The van der Waals surface area contributed by atoms with Gasteiger partial charge >= 0.3 is 6.03 Å². The van der Waals surface area contributed by atoms with Gasteiger partial charge in [-0.25, -0.2) is 4.79 Å². The molecule has 0 aromatic heterocycles. The third-order valence-electron chi connectivity index (χ3n) is 2.76. The van der Waals surface area contributed by atoms with Crippen LogP contribution in [0, 0.1) is 5.92 Å². The Morgan fingerprint density at radius 2 is 2.15 bits per heavy atom. The molecule has 0 spiro atoms. The molecule has 4 nitrogen and oxygen atoms in total. The molecule has 0 bridgehead atoms. The summed E-state index contributed by atoms with van der Waals surface area (Å²) in [5, 5.41) is 5.51. The summed E-state index contributed by atoms with van der Waals surface area (Å²) in [4.78, 5) is 11.1. The van der Waals surface area contributed by atoms with Gasteiger partial charge in [-0.2, -0.15) is 0 Å². The van der Waals surface area contributed by atoms with Gasteiger partial charge in [-0.1, -0.05) is 12.8 Å². The molecule has 4 heteroatoms. The van der Waals surface area contributed by atoms with Crippen molar-refractivity contribution in [2.45, 2.75) is 31.7 Å². The lowest BCUT2D eigenvalue weighted by Gasteiger charge is -2.31. The zero-order chi connectivity index (χ0) is 9.68. The SMILES string of the molecule is CNC(=O)NC1CCCCC1CN. The van der Waals surface area contributed by atoms with Crippen LogP contribution in [0.1, 0.15) is 25.7 Å². The van der Waals surface area contributed by atoms with E-state index in [1.807, 2.05) is 0 Å². The van der Waals surface area contributed by atoms with Crippen LogP contribution in [0.3, 0.4) is 0 Å². The minimum atomic E-state index is -0.0923. The van der Waals surface area contributed by atoms with Crippen LogP contribution in [-0.4, -0.2) is 25.7 Å². The van der Waals surface area contributed by atoms with E-state index in [0.717, 1.165) is 12.8 Å². The van der Waals surface area contributed by atoms with Crippen LogP contribution in [-0.2, 0) is 0 Å². The summed E-state index contributed by atoms with van der Waals surface area (Å²) >= 11 is 0. The van der Waals surface area contributed by atoms with Gasteiger partial charge in [0, 0.05) is 13.1 Å². The molecule has 0 aliphatic heterocycles. The summed E-state index contributed by atoms with van der Waals surface area (Å²) < 4.78 is 0. The zero-order valence-electron chi connectivity index (χ0n) is 8.18. The number of hydrogen-bond acceptors (Lipinski definition) is 2. The van der Waals surface area contributed by atoms with Gasteiger partial charge in [0.25, 0.3) is 0 Å². The molecular formula is C9H19N3O. The van der Waals surface area contributed by atoms with Gasteiger partial charge in [0.05, 0.1) is 0 Å². The number of nitrogens with one attached hydrogen (secondary N) is 2. The highest BCUT2D eigenvalue weighted by Gasteiger charge is 2.24. The van der Waals surface area contributed by atoms with Crippen molar-refractivity contribution < 1.29 is 4.79 Å². The summed E-state index contributed by atoms with van der Waals surface area (Å²) in [6, 6.07) is 0.184. The molecule has 13 heavy (non-hydrogen) atoms. The summed E-state index contributed by atoms with van der Waals surface area (Å²) in [7, 11) is 1.63. The van der Waals surface area contributed by atoms with Crippen molar-refractivity contribution in [3.05, 3.63) is 0 Å². The fourth-order valence-electron chi connectivity index (χ4n) is 1.92. The Morgan fingerprint density at radius 3 is 2.77 bits per heavy atom.